The molecule has 0 radical (unpaired) electrons. The Morgan fingerprint density at radius 3 is 1.53 bits per heavy atom. The maximum absolute atomic E-state index is 12.6. The van der Waals surface area contributed by atoms with Crippen molar-refractivity contribution in [1.82, 2.24) is 5.32 Å². The maximum atomic E-state index is 12.6. The van der Waals surface area contributed by atoms with Gasteiger partial charge in [-0.1, -0.05) is 0 Å². The Hall–Kier alpha value is -1.49. The zero-order valence-electron chi connectivity index (χ0n) is 30.7. The van der Waals surface area contributed by atoms with E-state index in [1.807, 2.05) is 0 Å². The number of aliphatic hydroxyl groups excluding tert-OH is 14. The standard InChI is InChI=1S/C32H53NO25/c1-7(37)33-13-25-18(42)12(6-50-29-23(47)19(43)14(38)8(2-34)51-29)54-28(13)49-5-11-17(41)20(44)24(48)30(55-11)57-26-21(45)15(39)10(4-36)53-32(26)58-27-22(46)16(40)9(3-35)52-31(27)56-25/h8-32,34-36,38-48H,2-6H2,1H3,(H,33,37)/t8-,9-,10-,11-,12-,13-,14-,15-,16-,17-,18-,19+,20+,21+,22+,23-,24+,25-,26+,27+,28+,29+,30+,31-,32-/m1/s1. The van der Waals surface area contributed by atoms with Crippen molar-refractivity contribution in [2.24, 2.45) is 0 Å². The van der Waals surface area contributed by atoms with Crippen LogP contribution in [0.1, 0.15) is 6.92 Å². The molecule has 0 aromatic heterocycles. The molecule has 6 heterocycles. The van der Waals surface area contributed by atoms with E-state index < -0.39 is 192 Å². The van der Waals surface area contributed by atoms with Gasteiger partial charge < -0.3 is 124 Å². The van der Waals surface area contributed by atoms with Crippen molar-refractivity contribution >= 4 is 5.91 Å². The van der Waals surface area contributed by atoms with Crippen LogP contribution < -0.4 is 5.32 Å². The van der Waals surface area contributed by atoms with Crippen LogP contribution in [-0.4, -0.2) is 264 Å². The molecule has 0 unspecified atom stereocenters. The molecule has 0 aliphatic carbocycles. The summed E-state index contributed by atoms with van der Waals surface area (Å²) in [7, 11) is 0. The number of fused-ring (bicyclic) bond motifs is 6. The van der Waals surface area contributed by atoms with Gasteiger partial charge in [0.2, 0.25) is 5.91 Å². The molecule has 0 aromatic rings. The van der Waals surface area contributed by atoms with E-state index in [1.165, 1.54) is 0 Å². The van der Waals surface area contributed by atoms with Crippen LogP contribution in [0.25, 0.3) is 0 Å². The number of amides is 1. The SMILES string of the molecule is CC(=O)N[C@H]1[C@H]2OC[C@H]3O[C@@H](O[C@@H]4[C@@H](O[C@@H]5[C@@H](O[C@H]1[C@H](O)[C@@H](CO[C@H]1O[C@H](CO)[C@@H](O)[C@H](O)[C@H]1O)O2)O[C@H](CO)[C@@H](O)[C@@H]5O)O[C@H](CO)[C@@H](O)[C@@H]4O)[C@@H](O)[C@@H](O)[C@@H]3O. The van der Waals surface area contributed by atoms with Gasteiger partial charge in [-0.25, -0.2) is 0 Å². The lowest BCUT2D eigenvalue weighted by molar-refractivity contribution is -0.397. The van der Waals surface area contributed by atoms with E-state index in [0.29, 0.717) is 0 Å². The average Bonchev–Trinajstić information content (AvgIpc) is 3.20. The molecular weight excluding hydrogens is 798 g/mol. The van der Waals surface area contributed by atoms with E-state index in [0.717, 1.165) is 6.92 Å². The van der Waals surface area contributed by atoms with Gasteiger partial charge in [-0.3, -0.25) is 4.79 Å². The molecule has 4 bridgehead atoms. The van der Waals surface area contributed by atoms with Crippen molar-refractivity contribution in [3.05, 3.63) is 0 Å². The first-order valence-electron chi connectivity index (χ1n) is 18.6. The quantitative estimate of drug-likeness (QED) is 0.113. The third kappa shape index (κ3) is 9.16. The second-order valence-corrected chi connectivity index (χ2v) is 14.9. The Morgan fingerprint density at radius 2 is 0.983 bits per heavy atom. The molecule has 6 aliphatic heterocycles. The van der Waals surface area contributed by atoms with Crippen molar-refractivity contribution in [2.75, 3.05) is 33.0 Å². The van der Waals surface area contributed by atoms with Crippen molar-refractivity contribution in [1.29, 1.82) is 0 Å². The molecule has 0 spiro atoms. The highest BCUT2D eigenvalue weighted by Gasteiger charge is 2.57. The van der Waals surface area contributed by atoms with Crippen LogP contribution in [0.2, 0.25) is 0 Å². The van der Waals surface area contributed by atoms with Gasteiger partial charge in [0, 0.05) is 6.92 Å². The average molecular weight is 852 g/mol. The summed E-state index contributed by atoms with van der Waals surface area (Å²) in [5, 5.41) is 152. The highest BCUT2D eigenvalue weighted by atomic mass is 16.8. The second-order valence-electron chi connectivity index (χ2n) is 14.9. The Morgan fingerprint density at radius 1 is 0.500 bits per heavy atom. The highest BCUT2D eigenvalue weighted by Crippen LogP contribution is 2.36. The Kier molecular flexibility index (Phi) is 15.3. The van der Waals surface area contributed by atoms with Crippen molar-refractivity contribution < 1.29 is 124 Å². The lowest BCUT2D eigenvalue weighted by Gasteiger charge is -2.50. The molecule has 26 heteroatoms. The van der Waals surface area contributed by atoms with Crippen molar-refractivity contribution in [2.45, 2.75) is 160 Å². The van der Waals surface area contributed by atoms with Gasteiger partial charge >= 0.3 is 0 Å². The first-order chi connectivity index (χ1) is 27.5. The lowest BCUT2D eigenvalue weighted by Crippen LogP contribution is -2.69. The minimum Gasteiger partial charge on any atom is -0.394 e. The summed E-state index contributed by atoms with van der Waals surface area (Å²) in [4.78, 5) is 12.6. The number of hydrogen-bond acceptors (Lipinski definition) is 25. The van der Waals surface area contributed by atoms with Gasteiger partial charge in [0.05, 0.1) is 33.0 Å². The molecule has 0 saturated carbocycles. The topological polar surface area (TPSA) is 405 Å². The van der Waals surface area contributed by atoms with Crippen molar-refractivity contribution in [3.63, 3.8) is 0 Å². The minimum absolute atomic E-state index is 0.742. The van der Waals surface area contributed by atoms with Crippen LogP contribution in [0.4, 0.5) is 0 Å². The van der Waals surface area contributed by atoms with Crippen LogP contribution in [-0.2, 0) is 52.2 Å². The fraction of sp³-hybridized carbons (Fsp3) is 0.969. The summed E-state index contributed by atoms with van der Waals surface area (Å²) >= 11 is 0. The molecule has 15 N–H and O–H groups in total. The third-order valence-electron chi connectivity index (χ3n) is 10.9. The van der Waals surface area contributed by atoms with Gasteiger partial charge in [-0.2, -0.15) is 0 Å². The summed E-state index contributed by atoms with van der Waals surface area (Å²) in [6, 6.07) is -1.57. The van der Waals surface area contributed by atoms with E-state index in [-0.39, 0.29) is 0 Å². The number of nitrogens with one attached hydrogen (secondary N) is 1. The largest absolute Gasteiger partial charge is 0.394 e. The molecule has 25 atom stereocenters. The lowest BCUT2D eigenvalue weighted by atomic mass is 9.94. The van der Waals surface area contributed by atoms with Crippen LogP contribution >= 0.6 is 0 Å². The summed E-state index contributed by atoms with van der Waals surface area (Å²) in [5.41, 5.74) is 0. The summed E-state index contributed by atoms with van der Waals surface area (Å²) < 4.78 is 58.1. The Bertz CT molecular complexity index is 1340. The summed E-state index contributed by atoms with van der Waals surface area (Å²) in [5.74, 6) is -0.750. The molecule has 1 amide bonds. The normalized spacial score (nSPS) is 53.0. The monoisotopic (exact) mass is 851 g/mol. The molecular formula is C32H53NO25. The molecule has 336 valence electrons. The fourth-order valence-electron chi connectivity index (χ4n) is 7.58. The van der Waals surface area contributed by atoms with E-state index in [9.17, 15) is 76.3 Å². The predicted molar refractivity (Wildman–Crippen MR) is 175 cm³/mol. The third-order valence-corrected chi connectivity index (χ3v) is 10.9. The highest BCUT2D eigenvalue weighted by molar-refractivity contribution is 5.73. The number of carbonyl (C=O) groups excluding carboxylic acids is 1. The van der Waals surface area contributed by atoms with Gasteiger partial charge in [0.15, 0.2) is 31.5 Å². The molecule has 6 saturated heterocycles. The fourth-order valence-corrected chi connectivity index (χ4v) is 7.58. The van der Waals surface area contributed by atoms with Crippen LogP contribution in [0.3, 0.4) is 0 Å². The van der Waals surface area contributed by atoms with Crippen molar-refractivity contribution in [3.8, 4) is 0 Å². The summed E-state index contributed by atoms with van der Waals surface area (Å²) in [6.07, 6.45) is -43.9. The number of rotatable bonds is 7. The first-order valence-corrected chi connectivity index (χ1v) is 18.6. The minimum atomic E-state index is -2.06. The second kappa shape index (κ2) is 19.3. The van der Waals surface area contributed by atoms with E-state index in [1.54, 1.807) is 0 Å². The van der Waals surface area contributed by atoms with E-state index in [4.69, 9.17) is 47.4 Å². The molecule has 0 aromatic carbocycles. The van der Waals surface area contributed by atoms with Crippen LogP contribution in [0.15, 0.2) is 0 Å². The van der Waals surface area contributed by atoms with Crippen LogP contribution in [0.5, 0.6) is 0 Å². The number of hydrogen-bond donors (Lipinski definition) is 15. The zero-order valence-corrected chi connectivity index (χ0v) is 30.7. The molecule has 6 fully saturated rings. The Balaban J connectivity index is 1.39. The van der Waals surface area contributed by atoms with Gasteiger partial charge in [0.25, 0.3) is 0 Å². The molecule has 6 rings (SSSR count). The van der Waals surface area contributed by atoms with E-state index in [2.05, 4.69) is 5.32 Å². The number of ether oxygens (including phenoxy) is 10. The van der Waals surface area contributed by atoms with Gasteiger partial charge in [0.1, 0.15) is 122 Å². The summed E-state index contributed by atoms with van der Waals surface area (Å²) in [6.45, 7) is -3.02. The number of carbonyl (C=O) groups is 1. The molecule has 58 heavy (non-hydrogen) atoms. The number of aliphatic hydroxyl groups is 14. The Labute approximate surface area is 328 Å². The smallest absolute Gasteiger partial charge is 0.217 e. The predicted octanol–water partition coefficient (Wildman–Crippen LogP) is -10.7. The van der Waals surface area contributed by atoms with E-state index >= 15 is 0 Å². The first kappa shape index (κ1) is 46.0. The molecule has 26 nitrogen and oxygen atoms in total. The maximum Gasteiger partial charge on any atom is 0.217 e. The van der Waals surface area contributed by atoms with Crippen LogP contribution in [0, 0.1) is 0 Å². The zero-order chi connectivity index (χ0) is 42.3. The van der Waals surface area contributed by atoms with Gasteiger partial charge in [-0.15, -0.1) is 0 Å². The molecule has 6 aliphatic rings. The van der Waals surface area contributed by atoms with Gasteiger partial charge in [-0.05, 0) is 0 Å².